The van der Waals surface area contributed by atoms with E-state index < -0.39 is 5.82 Å². The Morgan fingerprint density at radius 3 is 2.50 bits per heavy atom. The van der Waals surface area contributed by atoms with Crippen molar-refractivity contribution in [1.82, 2.24) is 9.78 Å². The van der Waals surface area contributed by atoms with Crippen LogP contribution in [0.5, 0.6) is 0 Å². The van der Waals surface area contributed by atoms with Gasteiger partial charge in [0.2, 0.25) is 0 Å². The molecule has 0 aliphatic carbocycles. The van der Waals surface area contributed by atoms with Gasteiger partial charge in [0, 0.05) is 5.39 Å². The Kier molecular flexibility index (Phi) is 3.53. The van der Waals surface area contributed by atoms with E-state index in [0.717, 1.165) is 11.3 Å². The van der Waals surface area contributed by atoms with Gasteiger partial charge in [0.25, 0.3) is 5.56 Å². The lowest BCUT2D eigenvalue weighted by molar-refractivity contribution is 0.631. The van der Waals surface area contributed by atoms with Crippen LogP contribution in [0, 0.1) is 12.7 Å². The minimum Gasteiger partial charge on any atom is -0.267 e. The molecule has 0 atom stereocenters. The normalized spacial score (nSPS) is 11.3. The standard InChI is InChI=1S/C18H17FN2O/c1-11(2)17-16-13(8-6-9-14(16)19)18(22)21(20-17)15-10-5-4-7-12(15)3/h4-11H,1-3H3. The van der Waals surface area contributed by atoms with Gasteiger partial charge in [-0.15, -0.1) is 0 Å². The van der Waals surface area contributed by atoms with Crippen LogP contribution in [0.3, 0.4) is 0 Å². The van der Waals surface area contributed by atoms with Gasteiger partial charge in [0.1, 0.15) is 5.82 Å². The maximum absolute atomic E-state index is 14.2. The summed E-state index contributed by atoms with van der Waals surface area (Å²) in [5.41, 5.74) is 1.97. The highest BCUT2D eigenvalue weighted by atomic mass is 19.1. The summed E-state index contributed by atoms with van der Waals surface area (Å²) in [5, 5.41) is 5.15. The van der Waals surface area contributed by atoms with Gasteiger partial charge < -0.3 is 0 Å². The Morgan fingerprint density at radius 2 is 1.82 bits per heavy atom. The summed E-state index contributed by atoms with van der Waals surface area (Å²) < 4.78 is 15.6. The van der Waals surface area contributed by atoms with Gasteiger partial charge in [-0.05, 0) is 36.6 Å². The lowest BCUT2D eigenvalue weighted by Gasteiger charge is -2.14. The molecule has 0 amide bonds. The van der Waals surface area contributed by atoms with Crippen molar-refractivity contribution in [3.05, 3.63) is 69.9 Å². The second-order valence-electron chi connectivity index (χ2n) is 5.71. The minimum absolute atomic E-state index is 0.00951. The average molecular weight is 296 g/mol. The quantitative estimate of drug-likeness (QED) is 0.717. The molecular weight excluding hydrogens is 279 g/mol. The number of fused-ring (bicyclic) bond motifs is 1. The molecule has 0 N–H and O–H groups in total. The van der Waals surface area contributed by atoms with Crippen molar-refractivity contribution >= 4 is 10.8 Å². The Morgan fingerprint density at radius 1 is 1.09 bits per heavy atom. The van der Waals surface area contributed by atoms with Crippen molar-refractivity contribution in [2.24, 2.45) is 0 Å². The van der Waals surface area contributed by atoms with E-state index >= 15 is 0 Å². The van der Waals surface area contributed by atoms with E-state index in [4.69, 9.17) is 0 Å². The average Bonchev–Trinajstić information content (AvgIpc) is 2.49. The Balaban J connectivity index is 2.47. The van der Waals surface area contributed by atoms with Gasteiger partial charge in [-0.1, -0.05) is 38.1 Å². The van der Waals surface area contributed by atoms with Crippen LogP contribution >= 0.6 is 0 Å². The summed E-state index contributed by atoms with van der Waals surface area (Å²) in [5.74, 6) is -0.391. The van der Waals surface area contributed by atoms with Crippen LogP contribution in [0.25, 0.3) is 16.5 Å². The summed E-state index contributed by atoms with van der Waals surface area (Å²) in [7, 11) is 0. The molecule has 0 aliphatic rings. The number of hydrogen-bond donors (Lipinski definition) is 0. The molecule has 0 fully saturated rings. The van der Waals surface area contributed by atoms with Crippen molar-refractivity contribution < 1.29 is 4.39 Å². The van der Waals surface area contributed by atoms with Crippen LogP contribution in [0.1, 0.15) is 31.0 Å². The third kappa shape index (κ3) is 2.21. The minimum atomic E-state index is -0.400. The lowest BCUT2D eigenvalue weighted by Crippen LogP contribution is -2.24. The van der Waals surface area contributed by atoms with Crippen LogP contribution in [-0.4, -0.2) is 9.78 Å². The molecule has 1 aromatic heterocycles. The number of rotatable bonds is 2. The summed E-state index contributed by atoms with van der Waals surface area (Å²) in [4.78, 5) is 12.7. The van der Waals surface area contributed by atoms with E-state index in [1.54, 1.807) is 12.1 Å². The molecule has 0 spiro atoms. The van der Waals surface area contributed by atoms with Crippen LogP contribution in [0.15, 0.2) is 47.3 Å². The van der Waals surface area contributed by atoms with Gasteiger partial charge >= 0.3 is 0 Å². The van der Waals surface area contributed by atoms with Gasteiger partial charge in [0.05, 0.1) is 16.8 Å². The molecule has 0 unspecified atom stereocenters. The molecule has 22 heavy (non-hydrogen) atoms. The molecule has 3 aromatic rings. The van der Waals surface area contributed by atoms with E-state index in [1.165, 1.54) is 10.7 Å². The molecule has 3 nitrogen and oxygen atoms in total. The summed E-state index contributed by atoms with van der Waals surface area (Å²) >= 11 is 0. The van der Waals surface area contributed by atoms with E-state index in [-0.39, 0.29) is 11.5 Å². The molecule has 1 heterocycles. The van der Waals surface area contributed by atoms with Crippen molar-refractivity contribution in [3.63, 3.8) is 0 Å². The summed E-state index contributed by atoms with van der Waals surface area (Å²) in [6.45, 7) is 5.82. The highest BCUT2D eigenvalue weighted by molar-refractivity contribution is 5.84. The number of aryl methyl sites for hydroxylation is 1. The smallest absolute Gasteiger partial charge is 0.267 e. The van der Waals surface area contributed by atoms with Gasteiger partial charge in [0.15, 0.2) is 0 Å². The molecule has 4 heteroatoms. The monoisotopic (exact) mass is 296 g/mol. The van der Waals surface area contributed by atoms with Crippen molar-refractivity contribution in [3.8, 4) is 5.69 Å². The fraction of sp³-hybridized carbons (Fsp3) is 0.222. The van der Waals surface area contributed by atoms with E-state index in [0.29, 0.717) is 16.5 Å². The molecule has 0 aliphatic heterocycles. The van der Waals surface area contributed by atoms with Gasteiger partial charge in [-0.3, -0.25) is 4.79 Å². The SMILES string of the molecule is Cc1ccccc1-n1nc(C(C)C)c2c(F)cccc2c1=O. The fourth-order valence-corrected chi connectivity index (χ4v) is 2.65. The van der Waals surface area contributed by atoms with Crippen molar-refractivity contribution in [1.29, 1.82) is 0 Å². The molecule has 112 valence electrons. The maximum Gasteiger partial charge on any atom is 0.279 e. The molecule has 0 radical (unpaired) electrons. The predicted octanol–water partition coefficient (Wildman–Crippen LogP) is 3.96. The van der Waals surface area contributed by atoms with Crippen LogP contribution < -0.4 is 5.56 Å². The van der Waals surface area contributed by atoms with Crippen LogP contribution in [0.4, 0.5) is 4.39 Å². The number of hydrogen-bond acceptors (Lipinski definition) is 2. The molecule has 2 aromatic carbocycles. The fourth-order valence-electron chi connectivity index (χ4n) is 2.65. The van der Waals surface area contributed by atoms with E-state index in [2.05, 4.69) is 5.10 Å². The zero-order valence-electron chi connectivity index (χ0n) is 12.8. The Labute approximate surface area is 128 Å². The van der Waals surface area contributed by atoms with E-state index in [1.807, 2.05) is 45.0 Å². The zero-order chi connectivity index (χ0) is 15.9. The third-order valence-corrected chi connectivity index (χ3v) is 3.79. The first-order valence-corrected chi connectivity index (χ1v) is 7.28. The first-order chi connectivity index (χ1) is 10.5. The number of benzene rings is 2. The maximum atomic E-state index is 14.2. The Bertz CT molecular complexity index is 913. The first-order valence-electron chi connectivity index (χ1n) is 7.28. The number of nitrogens with zero attached hydrogens (tertiary/aromatic N) is 2. The first kappa shape index (κ1) is 14.4. The van der Waals surface area contributed by atoms with Gasteiger partial charge in [-0.25, -0.2) is 4.39 Å². The lowest BCUT2D eigenvalue weighted by atomic mass is 10.0. The zero-order valence-corrected chi connectivity index (χ0v) is 12.8. The van der Waals surface area contributed by atoms with Crippen molar-refractivity contribution in [2.45, 2.75) is 26.7 Å². The largest absolute Gasteiger partial charge is 0.279 e. The molecule has 0 bridgehead atoms. The Hall–Kier alpha value is -2.49. The highest BCUT2D eigenvalue weighted by Gasteiger charge is 2.17. The third-order valence-electron chi connectivity index (χ3n) is 3.79. The molecule has 0 saturated carbocycles. The summed E-state index contributed by atoms with van der Waals surface area (Å²) in [6, 6.07) is 12.1. The highest BCUT2D eigenvalue weighted by Crippen LogP contribution is 2.24. The second-order valence-corrected chi connectivity index (χ2v) is 5.71. The van der Waals surface area contributed by atoms with E-state index in [9.17, 15) is 9.18 Å². The number of aromatic nitrogens is 2. The number of para-hydroxylation sites is 1. The topological polar surface area (TPSA) is 34.9 Å². The summed E-state index contributed by atoms with van der Waals surface area (Å²) in [6.07, 6.45) is 0. The van der Waals surface area contributed by atoms with Crippen LogP contribution in [0.2, 0.25) is 0 Å². The second kappa shape index (κ2) is 5.37. The molecule has 0 saturated heterocycles. The number of halogens is 1. The van der Waals surface area contributed by atoms with Crippen LogP contribution in [-0.2, 0) is 0 Å². The van der Waals surface area contributed by atoms with Crippen molar-refractivity contribution in [2.75, 3.05) is 0 Å². The molecule has 3 rings (SSSR count). The van der Waals surface area contributed by atoms with Gasteiger partial charge in [-0.2, -0.15) is 9.78 Å². The molecular formula is C18H17FN2O. The predicted molar refractivity (Wildman–Crippen MR) is 86.1 cm³/mol.